The van der Waals surface area contributed by atoms with Crippen molar-refractivity contribution < 1.29 is 9.18 Å². The van der Waals surface area contributed by atoms with Crippen molar-refractivity contribution >= 4 is 11.6 Å². The molecule has 1 aliphatic rings. The summed E-state index contributed by atoms with van der Waals surface area (Å²) in [5.74, 6) is 2.35. The fourth-order valence-electron chi connectivity index (χ4n) is 3.17. The van der Waals surface area contributed by atoms with Crippen LogP contribution in [0.5, 0.6) is 0 Å². The van der Waals surface area contributed by atoms with Crippen LogP contribution in [0.1, 0.15) is 111 Å². The monoisotopic (exact) mass is 450 g/mol. The average Bonchev–Trinajstić information content (AvgIpc) is 3.13. The molecular weight excluding hydrogens is 403 g/mol. The summed E-state index contributed by atoms with van der Waals surface area (Å²) < 4.78 is 13.2. The van der Waals surface area contributed by atoms with Gasteiger partial charge in [-0.2, -0.15) is 0 Å². The van der Waals surface area contributed by atoms with Gasteiger partial charge in [0.25, 0.3) is 0 Å². The van der Waals surface area contributed by atoms with E-state index in [0.29, 0.717) is 24.0 Å². The molecule has 1 aliphatic heterocycles. The van der Waals surface area contributed by atoms with Gasteiger partial charge in [0, 0.05) is 30.6 Å². The summed E-state index contributed by atoms with van der Waals surface area (Å²) in [6.45, 7) is 16.4. The number of halogens is 1. The number of carbonyl (C=O) groups excluding carboxylic acids is 1. The number of amides is 1. The zero-order chi connectivity index (χ0) is 24.7. The molecule has 5 nitrogen and oxygen atoms in total. The fraction of sp³-hybridized carbons (Fsp3) is 0.731. The second-order valence-electron chi connectivity index (χ2n) is 9.76. The predicted molar refractivity (Wildman–Crippen MR) is 134 cm³/mol. The molecule has 32 heavy (non-hydrogen) atoms. The highest BCUT2D eigenvalue weighted by atomic mass is 19.1. The number of imidazole rings is 1. The van der Waals surface area contributed by atoms with Crippen LogP contribution in [-0.2, 0) is 4.79 Å². The summed E-state index contributed by atoms with van der Waals surface area (Å²) >= 11 is 0. The van der Waals surface area contributed by atoms with E-state index in [1.54, 1.807) is 20.8 Å². The number of carbonyl (C=O) groups is 1. The van der Waals surface area contributed by atoms with Gasteiger partial charge in [0.1, 0.15) is 11.5 Å². The number of alkyl halides is 1. The maximum absolute atomic E-state index is 13.2. The Kier molecular flexibility index (Phi) is 14.8. The van der Waals surface area contributed by atoms with Crippen LogP contribution >= 0.6 is 0 Å². The molecule has 0 saturated carbocycles. The van der Waals surface area contributed by atoms with E-state index >= 15 is 0 Å². The Balaban J connectivity index is 0.000000504. The first kappa shape index (κ1) is 30.0. The first-order valence-electron chi connectivity index (χ1n) is 12.0. The van der Waals surface area contributed by atoms with Gasteiger partial charge in [0.15, 0.2) is 0 Å². The number of nitrogens with one attached hydrogen (secondary N) is 3. The number of rotatable bonds is 8. The number of allylic oxidation sites excluding steroid dienone is 2. The summed E-state index contributed by atoms with van der Waals surface area (Å²) in [5, 5.41) is 9.84. The number of piperidine rings is 1. The van der Waals surface area contributed by atoms with E-state index in [2.05, 4.69) is 36.1 Å². The lowest BCUT2D eigenvalue weighted by Gasteiger charge is -2.17. The maximum atomic E-state index is 13.2. The Hall–Kier alpha value is -1.98. The van der Waals surface area contributed by atoms with Gasteiger partial charge in [-0.25, -0.2) is 9.37 Å². The molecule has 184 valence electrons. The fourth-order valence-corrected chi connectivity index (χ4v) is 3.17. The van der Waals surface area contributed by atoms with Crippen molar-refractivity contribution in [3.05, 3.63) is 29.4 Å². The van der Waals surface area contributed by atoms with Gasteiger partial charge < -0.3 is 15.7 Å². The SMILES string of the molecule is CC1CCC(=O)NC1.CCC(C)=CC(C)=N.Cc1ncc(C(C)CCCCC(C)(C)F)[nH]1. The second-order valence-corrected chi connectivity index (χ2v) is 9.76. The molecule has 3 N–H and O–H groups in total. The number of unbranched alkanes of at least 4 members (excludes halogenated alkanes) is 1. The van der Waals surface area contributed by atoms with E-state index in [1.807, 2.05) is 26.1 Å². The average molecular weight is 451 g/mol. The van der Waals surface area contributed by atoms with Crippen LogP contribution in [-0.4, -0.2) is 33.8 Å². The summed E-state index contributed by atoms with van der Waals surface area (Å²) in [6, 6.07) is 0. The lowest BCUT2D eigenvalue weighted by Crippen LogP contribution is -2.33. The van der Waals surface area contributed by atoms with E-state index < -0.39 is 5.67 Å². The Morgan fingerprint density at radius 1 is 1.38 bits per heavy atom. The molecule has 2 atom stereocenters. The Morgan fingerprint density at radius 2 is 2.03 bits per heavy atom. The molecule has 0 bridgehead atoms. The van der Waals surface area contributed by atoms with E-state index in [0.717, 1.165) is 50.9 Å². The van der Waals surface area contributed by atoms with E-state index in [9.17, 15) is 9.18 Å². The standard InChI is InChI=1S/C13H23FN2.C7H13N.C6H11NO/c1-10(12-9-15-11(2)16-12)7-5-6-8-13(3,4)14;1-4-6(2)5-7(3)8;1-5-2-3-6(8)7-4-5/h9-10H,5-8H2,1-4H3,(H,15,16);5,8H,4H2,1-3H3;5H,2-4H2,1H3,(H,7,8). The van der Waals surface area contributed by atoms with E-state index in [1.165, 1.54) is 11.3 Å². The number of hydrogen-bond donors (Lipinski definition) is 3. The van der Waals surface area contributed by atoms with Gasteiger partial charge in [-0.15, -0.1) is 0 Å². The van der Waals surface area contributed by atoms with Crippen LogP contribution in [0.25, 0.3) is 0 Å². The molecular formula is C26H47FN4O. The molecule has 0 spiro atoms. The molecule has 2 rings (SSSR count). The van der Waals surface area contributed by atoms with Gasteiger partial charge in [0.05, 0.1) is 0 Å². The molecule has 6 heteroatoms. The minimum Gasteiger partial charge on any atom is -0.356 e. The first-order valence-corrected chi connectivity index (χ1v) is 12.0. The second kappa shape index (κ2) is 15.8. The number of hydrogen-bond acceptors (Lipinski definition) is 3. The van der Waals surface area contributed by atoms with Crippen LogP contribution in [0.2, 0.25) is 0 Å². The maximum Gasteiger partial charge on any atom is 0.220 e. The quantitative estimate of drug-likeness (QED) is 0.293. The summed E-state index contributed by atoms with van der Waals surface area (Å²) in [7, 11) is 0. The highest BCUT2D eigenvalue weighted by molar-refractivity contribution is 5.90. The minimum absolute atomic E-state index is 0.211. The van der Waals surface area contributed by atoms with Gasteiger partial charge in [-0.05, 0) is 78.2 Å². The molecule has 1 aromatic heterocycles. The van der Waals surface area contributed by atoms with Gasteiger partial charge in [-0.3, -0.25) is 4.79 Å². The van der Waals surface area contributed by atoms with Gasteiger partial charge in [0.2, 0.25) is 5.91 Å². The molecule has 0 radical (unpaired) electrons. The van der Waals surface area contributed by atoms with Crippen LogP contribution in [0.4, 0.5) is 4.39 Å². The van der Waals surface area contributed by atoms with Crippen molar-refractivity contribution in [2.45, 2.75) is 112 Å². The van der Waals surface area contributed by atoms with Crippen LogP contribution in [0.3, 0.4) is 0 Å². The summed E-state index contributed by atoms with van der Waals surface area (Å²) in [4.78, 5) is 17.9. The number of nitrogens with zero attached hydrogens (tertiary/aromatic N) is 1. The third kappa shape index (κ3) is 16.7. The number of aromatic amines is 1. The molecule has 1 aromatic rings. The van der Waals surface area contributed by atoms with Crippen LogP contribution in [0, 0.1) is 18.3 Å². The Bertz CT molecular complexity index is 693. The molecule has 1 amide bonds. The van der Waals surface area contributed by atoms with Crippen molar-refractivity contribution in [1.82, 2.24) is 15.3 Å². The number of H-pyrrole nitrogens is 1. The van der Waals surface area contributed by atoms with Crippen molar-refractivity contribution in [2.75, 3.05) is 6.54 Å². The highest BCUT2D eigenvalue weighted by Gasteiger charge is 2.15. The zero-order valence-electron chi connectivity index (χ0n) is 21.7. The minimum atomic E-state index is -1.02. The van der Waals surface area contributed by atoms with E-state index in [4.69, 9.17) is 5.41 Å². The molecule has 0 aromatic carbocycles. The van der Waals surface area contributed by atoms with Crippen LogP contribution < -0.4 is 5.32 Å². The Morgan fingerprint density at radius 3 is 2.41 bits per heavy atom. The highest BCUT2D eigenvalue weighted by Crippen LogP contribution is 2.23. The lowest BCUT2D eigenvalue weighted by molar-refractivity contribution is -0.122. The molecule has 0 aliphatic carbocycles. The van der Waals surface area contributed by atoms with Crippen molar-refractivity contribution in [3.63, 3.8) is 0 Å². The third-order valence-electron chi connectivity index (χ3n) is 5.44. The van der Waals surface area contributed by atoms with Crippen molar-refractivity contribution in [3.8, 4) is 0 Å². The zero-order valence-corrected chi connectivity index (χ0v) is 21.7. The first-order chi connectivity index (χ1) is 14.8. The third-order valence-corrected chi connectivity index (χ3v) is 5.44. The largest absolute Gasteiger partial charge is 0.356 e. The van der Waals surface area contributed by atoms with Crippen molar-refractivity contribution in [2.24, 2.45) is 5.92 Å². The topological polar surface area (TPSA) is 81.6 Å². The molecule has 2 unspecified atom stereocenters. The normalized spacial score (nSPS) is 17.3. The van der Waals surface area contributed by atoms with E-state index in [-0.39, 0.29) is 5.91 Å². The smallest absolute Gasteiger partial charge is 0.220 e. The number of aromatic nitrogens is 2. The lowest BCUT2D eigenvalue weighted by atomic mass is 9.97. The van der Waals surface area contributed by atoms with Gasteiger partial charge >= 0.3 is 0 Å². The Labute approximate surface area is 195 Å². The van der Waals surface area contributed by atoms with Gasteiger partial charge in [-0.1, -0.05) is 39.2 Å². The molecule has 2 heterocycles. The predicted octanol–water partition coefficient (Wildman–Crippen LogP) is 7.04. The van der Waals surface area contributed by atoms with Crippen LogP contribution in [0.15, 0.2) is 17.8 Å². The van der Waals surface area contributed by atoms with Crippen molar-refractivity contribution in [1.29, 1.82) is 5.41 Å². The molecule has 1 fully saturated rings. The summed E-state index contributed by atoms with van der Waals surface area (Å²) in [5.41, 5.74) is 2.09. The summed E-state index contributed by atoms with van der Waals surface area (Å²) in [6.07, 6.45) is 10.4. The number of aryl methyl sites for hydroxylation is 1. The molecule has 1 saturated heterocycles.